The van der Waals surface area contributed by atoms with E-state index in [1.54, 1.807) is 0 Å². The Morgan fingerprint density at radius 2 is 2.10 bits per heavy atom. The second kappa shape index (κ2) is 7.78. The van der Waals surface area contributed by atoms with Crippen molar-refractivity contribution in [3.05, 3.63) is 33.5 Å². The Morgan fingerprint density at radius 1 is 1.31 bits per heavy atom. The molecule has 4 rings (SSSR count). The highest BCUT2D eigenvalue weighted by Gasteiger charge is 2.28. The molecule has 29 heavy (non-hydrogen) atoms. The third kappa shape index (κ3) is 3.96. The highest BCUT2D eigenvalue weighted by Crippen LogP contribution is 2.34. The fourth-order valence-corrected chi connectivity index (χ4v) is 5.08. The molecular weight excluding hydrogens is 384 g/mol. The molecule has 4 heterocycles. The van der Waals surface area contributed by atoms with Gasteiger partial charge in [-0.3, -0.25) is 9.36 Å². The van der Waals surface area contributed by atoms with Crippen molar-refractivity contribution in [2.45, 2.75) is 65.2 Å². The minimum absolute atomic E-state index is 0.0877. The van der Waals surface area contributed by atoms with Gasteiger partial charge in [0.2, 0.25) is 0 Å². The normalized spacial score (nSPS) is 16.1. The summed E-state index contributed by atoms with van der Waals surface area (Å²) in [6, 6.07) is 2.15. The van der Waals surface area contributed by atoms with Crippen LogP contribution in [0.15, 0.2) is 10.9 Å². The first-order valence-electron chi connectivity index (χ1n) is 10.6. The summed E-state index contributed by atoms with van der Waals surface area (Å²) >= 11 is 1.49. The summed E-state index contributed by atoms with van der Waals surface area (Å²) in [6.07, 6.45) is 3.54. The lowest BCUT2D eigenvalue weighted by Crippen LogP contribution is -3.05. The second-order valence-corrected chi connectivity index (χ2v) is 10.00. The maximum Gasteiger partial charge on any atom is 0.271 e. The Balaban J connectivity index is 1.85. The van der Waals surface area contributed by atoms with E-state index in [-0.39, 0.29) is 11.2 Å². The van der Waals surface area contributed by atoms with Crippen LogP contribution in [0.3, 0.4) is 0 Å². The minimum atomic E-state index is -0.196. The average molecular weight is 416 g/mol. The maximum atomic E-state index is 13.4. The summed E-state index contributed by atoms with van der Waals surface area (Å²) < 4.78 is 8.60. The van der Waals surface area contributed by atoms with Crippen LogP contribution in [0.2, 0.25) is 0 Å². The number of fused-ring (bicyclic) bond motifs is 4. The smallest absolute Gasteiger partial charge is 0.271 e. The van der Waals surface area contributed by atoms with Gasteiger partial charge in [-0.05, 0) is 26.3 Å². The van der Waals surface area contributed by atoms with Crippen molar-refractivity contribution >= 4 is 31.8 Å². The molecule has 7 heteroatoms. The van der Waals surface area contributed by atoms with E-state index in [4.69, 9.17) is 14.7 Å². The molecule has 1 aliphatic heterocycles. The van der Waals surface area contributed by atoms with E-state index in [0.717, 1.165) is 76.3 Å². The van der Waals surface area contributed by atoms with Crippen LogP contribution in [0.4, 0.5) is 0 Å². The van der Waals surface area contributed by atoms with Crippen LogP contribution >= 0.6 is 11.3 Å². The number of aryl methyl sites for hydroxylation is 1. The predicted molar refractivity (Wildman–Crippen MR) is 118 cm³/mol. The molecule has 156 valence electrons. The first-order chi connectivity index (χ1) is 13.8. The van der Waals surface area contributed by atoms with Crippen LogP contribution in [0, 0.1) is 0 Å². The molecule has 0 unspecified atom stereocenters. The fraction of sp³-hybridized carbons (Fsp3) is 0.591. The highest BCUT2D eigenvalue weighted by molar-refractivity contribution is 7.25. The lowest BCUT2D eigenvalue weighted by atomic mass is 9.95. The summed E-state index contributed by atoms with van der Waals surface area (Å²) in [4.78, 5) is 25.6. The summed E-state index contributed by atoms with van der Waals surface area (Å²) in [5.74, 6) is 0.897. The molecule has 0 spiro atoms. The number of aromatic nitrogens is 3. The lowest BCUT2D eigenvalue weighted by molar-refractivity contribution is -0.858. The van der Waals surface area contributed by atoms with Gasteiger partial charge in [0.25, 0.3) is 5.56 Å². The van der Waals surface area contributed by atoms with Gasteiger partial charge in [0, 0.05) is 36.8 Å². The molecule has 0 saturated carbocycles. The summed E-state index contributed by atoms with van der Waals surface area (Å²) in [7, 11) is 4.28. The van der Waals surface area contributed by atoms with Crippen molar-refractivity contribution in [3.8, 4) is 0 Å². The molecule has 0 radical (unpaired) electrons. The molecule has 0 aromatic carbocycles. The number of quaternary nitrogens is 1. The molecular formula is C22H31N4O2S+. The Hall–Kier alpha value is -1.83. The van der Waals surface area contributed by atoms with Crippen molar-refractivity contribution in [2.75, 3.05) is 20.6 Å². The fourth-order valence-electron chi connectivity index (χ4n) is 4.02. The number of rotatable bonds is 6. The predicted octanol–water partition coefficient (Wildman–Crippen LogP) is 2.34. The van der Waals surface area contributed by atoms with Gasteiger partial charge >= 0.3 is 0 Å². The van der Waals surface area contributed by atoms with Crippen LogP contribution in [0.25, 0.3) is 20.4 Å². The third-order valence-corrected chi connectivity index (χ3v) is 6.64. The van der Waals surface area contributed by atoms with E-state index in [1.165, 1.54) is 16.2 Å². The van der Waals surface area contributed by atoms with Crippen LogP contribution in [-0.2, 0) is 30.7 Å². The van der Waals surface area contributed by atoms with Gasteiger partial charge < -0.3 is 9.64 Å². The number of hydrogen-bond acceptors (Lipinski definition) is 5. The zero-order valence-corrected chi connectivity index (χ0v) is 18.9. The topological polar surface area (TPSA) is 61.5 Å². The monoisotopic (exact) mass is 415 g/mol. The van der Waals surface area contributed by atoms with Gasteiger partial charge in [0.15, 0.2) is 0 Å². The molecule has 3 aromatic heterocycles. The van der Waals surface area contributed by atoms with E-state index in [1.807, 2.05) is 4.57 Å². The zero-order valence-electron chi connectivity index (χ0n) is 18.1. The first kappa shape index (κ1) is 20.4. The van der Waals surface area contributed by atoms with Gasteiger partial charge in [-0.15, -0.1) is 11.3 Å². The van der Waals surface area contributed by atoms with Crippen LogP contribution in [0.1, 0.15) is 50.7 Å². The number of ether oxygens (including phenoxy) is 1. The SMILES string of the molecule is CCCc1nc2c(sc3nc4c(cc32)COC(C)(C)C4)c(=O)n1CCC[NH+](C)C. The van der Waals surface area contributed by atoms with Crippen molar-refractivity contribution in [1.82, 2.24) is 14.5 Å². The van der Waals surface area contributed by atoms with Crippen LogP contribution in [0.5, 0.6) is 0 Å². The summed E-state index contributed by atoms with van der Waals surface area (Å²) in [5.41, 5.74) is 2.91. The van der Waals surface area contributed by atoms with E-state index in [2.05, 4.69) is 40.9 Å². The molecule has 6 nitrogen and oxygen atoms in total. The second-order valence-electron chi connectivity index (χ2n) is 9.00. The van der Waals surface area contributed by atoms with E-state index >= 15 is 0 Å². The standard InChI is InChI=1S/C22H30N4O2S/c1-6-8-17-24-18-15-11-14-13-28-22(2,3)12-16(14)23-20(15)29-19(18)21(27)26(17)10-7-9-25(4)5/h11H,6-10,12-13H2,1-5H3/p+1. The van der Waals surface area contributed by atoms with Gasteiger partial charge in [-0.1, -0.05) is 6.92 Å². The summed E-state index contributed by atoms with van der Waals surface area (Å²) in [6.45, 7) is 8.65. The largest absolute Gasteiger partial charge is 0.370 e. The Kier molecular flexibility index (Phi) is 5.48. The van der Waals surface area contributed by atoms with E-state index in [0.29, 0.717) is 6.61 Å². The molecule has 1 aliphatic rings. The number of hydrogen-bond donors (Lipinski definition) is 1. The maximum absolute atomic E-state index is 13.4. The van der Waals surface area contributed by atoms with Crippen molar-refractivity contribution in [1.29, 1.82) is 0 Å². The minimum Gasteiger partial charge on any atom is -0.370 e. The quantitative estimate of drug-likeness (QED) is 0.671. The first-order valence-corrected chi connectivity index (χ1v) is 11.4. The molecule has 3 aromatic rings. The third-order valence-electron chi connectivity index (χ3n) is 5.56. The number of thiophene rings is 1. The van der Waals surface area contributed by atoms with Crippen LogP contribution < -0.4 is 10.5 Å². The van der Waals surface area contributed by atoms with Crippen molar-refractivity contribution in [2.24, 2.45) is 0 Å². The lowest BCUT2D eigenvalue weighted by Gasteiger charge is -2.30. The van der Waals surface area contributed by atoms with Crippen molar-refractivity contribution in [3.63, 3.8) is 0 Å². The number of nitrogens with zero attached hydrogens (tertiary/aromatic N) is 3. The molecule has 0 amide bonds. The van der Waals surface area contributed by atoms with Gasteiger partial charge in [-0.25, -0.2) is 9.97 Å². The number of pyridine rings is 1. The molecule has 0 bridgehead atoms. The molecule has 0 fully saturated rings. The van der Waals surface area contributed by atoms with Crippen molar-refractivity contribution < 1.29 is 9.64 Å². The van der Waals surface area contributed by atoms with E-state index < -0.39 is 0 Å². The molecule has 1 N–H and O–H groups in total. The van der Waals surface area contributed by atoms with E-state index in [9.17, 15) is 4.79 Å². The van der Waals surface area contributed by atoms with Gasteiger partial charge in [-0.2, -0.15) is 0 Å². The molecule has 0 aliphatic carbocycles. The average Bonchev–Trinajstić information content (AvgIpc) is 2.99. The van der Waals surface area contributed by atoms with Gasteiger partial charge in [0.1, 0.15) is 15.4 Å². The summed E-state index contributed by atoms with van der Waals surface area (Å²) in [5, 5.41) is 0.992. The zero-order chi connectivity index (χ0) is 20.8. The Labute approximate surface area is 175 Å². The molecule has 0 saturated heterocycles. The number of nitrogens with one attached hydrogen (secondary N) is 1. The van der Waals surface area contributed by atoms with Crippen LogP contribution in [-0.4, -0.2) is 40.8 Å². The van der Waals surface area contributed by atoms with Gasteiger partial charge in [0.05, 0.1) is 44.1 Å². The molecule has 0 atom stereocenters. The highest BCUT2D eigenvalue weighted by atomic mass is 32.1. The Bertz CT molecular complexity index is 1110. The Morgan fingerprint density at radius 3 is 2.83 bits per heavy atom.